The van der Waals surface area contributed by atoms with Gasteiger partial charge in [-0.15, -0.1) is 9.19 Å². The minimum absolute atomic E-state index is 0.0263. The van der Waals surface area contributed by atoms with E-state index in [1.165, 1.54) is 14.0 Å². The van der Waals surface area contributed by atoms with Crippen LogP contribution in [0.4, 0.5) is 0 Å². The first-order valence-electron chi connectivity index (χ1n) is 10.7. The summed E-state index contributed by atoms with van der Waals surface area (Å²) in [6.45, 7) is 3.40. The van der Waals surface area contributed by atoms with Gasteiger partial charge in [0.05, 0.1) is 22.9 Å². The Labute approximate surface area is 198 Å². The first kappa shape index (κ1) is 23.7. The van der Waals surface area contributed by atoms with Crippen molar-refractivity contribution < 1.29 is 27.4 Å². The van der Waals surface area contributed by atoms with E-state index in [1.54, 1.807) is 61.7 Å². The number of Topliss-reactive ketones (excluding diaryl/α,β-unsaturated/α-hetero) is 1. The van der Waals surface area contributed by atoms with Gasteiger partial charge < -0.3 is 14.2 Å². The molecule has 1 atom stereocenters. The van der Waals surface area contributed by atoms with E-state index in [-0.39, 0.29) is 23.2 Å². The van der Waals surface area contributed by atoms with Crippen LogP contribution in [0.15, 0.2) is 71.2 Å². The van der Waals surface area contributed by atoms with Gasteiger partial charge in [0, 0.05) is 19.1 Å². The lowest BCUT2D eigenvalue weighted by molar-refractivity contribution is -0.113. The molecule has 0 fully saturated rings. The molecular formula is C25H26N2O6S. The highest BCUT2D eigenvalue weighted by Crippen LogP contribution is 2.33. The van der Waals surface area contributed by atoms with Crippen molar-refractivity contribution in [3.8, 4) is 11.6 Å². The number of aromatic nitrogens is 2. The van der Waals surface area contributed by atoms with E-state index in [0.717, 1.165) is 9.65 Å². The zero-order valence-electron chi connectivity index (χ0n) is 19.4. The second kappa shape index (κ2) is 9.08. The highest BCUT2D eigenvalue weighted by Gasteiger charge is 2.32. The number of ketones is 1. The fourth-order valence-electron chi connectivity index (χ4n) is 3.76. The average Bonchev–Trinajstić information content (AvgIpc) is 3.22. The van der Waals surface area contributed by atoms with Crippen LogP contribution in [0.5, 0.6) is 11.6 Å². The van der Waals surface area contributed by atoms with Crippen LogP contribution in [0.2, 0.25) is 0 Å². The van der Waals surface area contributed by atoms with Crippen molar-refractivity contribution in [2.24, 2.45) is 0 Å². The lowest BCUT2D eigenvalue weighted by Gasteiger charge is -2.30. The number of methoxy groups -OCH3 is 2. The molecule has 1 heterocycles. The van der Waals surface area contributed by atoms with Gasteiger partial charge in [0.15, 0.2) is 5.78 Å². The second-order valence-electron chi connectivity index (χ2n) is 8.17. The van der Waals surface area contributed by atoms with Crippen LogP contribution in [0.1, 0.15) is 18.9 Å². The zero-order valence-corrected chi connectivity index (χ0v) is 20.3. The molecular weight excluding hydrogens is 456 g/mol. The molecule has 0 radical (unpaired) electrons. The number of allylic oxidation sites excluding steroid dienone is 2. The van der Waals surface area contributed by atoms with Gasteiger partial charge in [-0.25, -0.2) is 0 Å². The predicted molar refractivity (Wildman–Crippen MR) is 128 cm³/mol. The van der Waals surface area contributed by atoms with Crippen molar-refractivity contribution in [2.75, 3.05) is 20.8 Å². The van der Waals surface area contributed by atoms with Gasteiger partial charge in [-0.3, -0.25) is 4.79 Å². The lowest BCUT2D eigenvalue weighted by atomic mass is 9.90. The Bertz CT molecular complexity index is 1400. The van der Waals surface area contributed by atoms with Gasteiger partial charge in [-0.2, -0.15) is 8.42 Å². The maximum absolute atomic E-state index is 13.4. The van der Waals surface area contributed by atoms with E-state index < -0.39 is 15.6 Å². The maximum Gasteiger partial charge on any atom is 0.283 e. The number of carbonyl (C=O) groups is 1. The molecule has 3 aromatic rings. The molecule has 34 heavy (non-hydrogen) atoms. The highest BCUT2D eigenvalue weighted by atomic mass is 32.2. The van der Waals surface area contributed by atoms with E-state index in [4.69, 9.17) is 14.2 Å². The number of ether oxygens (including phenoxy) is 3. The standard InChI is InChI=1S/C25H26N2O6S/c1-17-7-10-21(11-8-17)34(29,30)27-23-12-9-20(31-3)14-22(23)24(26-27)33-16-25(32-4)13-5-6-19(15-25)18(2)28/h5-12,14-15H,13,16H2,1-4H3. The van der Waals surface area contributed by atoms with Crippen molar-refractivity contribution in [2.45, 2.75) is 30.8 Å². The molecule has 1 unspecified atom stereocenters. The molecule has 9 heteroatoms. The highest BCUT2D eigenvalue weighted by molar-refractivity contribution is 7.90. The SMILES string of the molecule is COc1ccc2c(c1)c(OCC1(OC)C=C(C(C)=O)C=CC1)nn2S(=O)(=O)c1ccc(C)cc1. The van der Waals surface area contributed by atoms with E-state index >= 15 is 0 Å². The summed E-state index contributed by atoms with van der Waals surface area (Å²) in [5, 5.41) is 4.80. The summed E-state index contributed by atoms with van der Waals surface area (Å²) in [6.07, 6.45) is 5.83. The molecule has 1 aliphatic rings. The summed E-state index contributed by atoms with van der Waals surface area (Å²) in [5.41, 5.74) is 0.935. The largest absolute Gasteiger partial charge is 0.497 e. The average molecular weight is 483 g/mol. The molecule has 1 aliphatic carbocycles. The molecule has 178 valence electrons. The minimum atomic E-state index is -3.98. The smallest absolute Gasteiger partial charge is 0.283 e. The molecule has 0 N–H and O–H groups in total. The number of fused-ring (bicyclic) bond motifs is 1. The summed E-state index contributed by atoms with van der Waals surface area (Å²) < 4.78 is 44.9. The van der Waals surface area contributed by atoms with Crippen LogP contribution in [0.25, 0.3) is 10.9 Å². The van der Waals surface area contributed by atoms with Gasteiger partial charge in [-0.1, -0.05) is 29.8 Å². The van der Waals surface area contributed by atoms with Crippen LogP contribution in [-0.4, -0.2) is 49.8 Å². The summed E-state index contributed by atoms with van der Waals surface area (Å²) in [4.78, 5) is 12.0. The molecule has 0 bridgehead atoms. The topological polar surface area (TPSA) is 96.7 Å². The molecule has 0 saturated heterocycles. The van der Waals surface area contributed by atoms with Gasteiger partial charge >= 0.3 is 0 Å². The van der Waals surface area contributed by atoms with Crippen molar-refractivity contribution in [1.82, 2.24) is 9.19 Å². The first-order chi connectivity index (χ1) is 16.2. The van der Waals surface area contributed by atoms with Gasteiger partial charge in [0.1, 0.15) is 18.0 Å². The van der Waals surface area contributed by atoms with E-state index in [0.29, 0.717) is 28.6 Å². The third kappa shape index (κ3) is 4.36. The van der Waals surface area contributed by atoms with E-state index in [2.05, 4.69) is 5.10 Å². The molecule has 2 aromatic carbocycles. The Morgan fingerprint density at radius 1 is 1.15 bits per heavy atom. The van der Waals surface area contributed by atoms with Crippen LogP contribution in [0.3, 0.4) is 0 Å². The molecule has 0 amide bonds. The van der Waals surface area contributed by atoms with Crippen molar-refractivity contribution in [3.05, 3.63) is 71.8 Å². The number of rotatable bonds is 8. The lowest BCUT2D eigenvalue weighted by Crippen LogP contribution is -2.37. The van der Waals surface area contributed by atoms with E-state index in [1.807, 2.05) is 13.0 Å². The molecule has 0 spiro atoms. The van der Waals surface area contributed by atoms with Crippen molar-refractivity contribution >= 4 is 26.7 Å². The summed E-state index contributed by atoms with van der Waals surface area (Å²) in [7, 11) is -0.914. The summed E-state index contributed by atoms with van der Waals surface area (Å²) >= 11 is 0. The third-order valence-electron chi connectivity index (χ3n) is 5.81. The number of aryl methyl sites for hydroxylation is 1. The van der Waals surface area contributed by atoms with Gasteiger partial charge in [0.2, 0.25) is 5.88 Å². The second-order valence-corrected chi connectivity index (χ2v) is 9.94. The minimum Gasteiger partial charge on any atom is -0.497 e. The number of benzene rings is 2. The normalized spacial score (nSPS) is 18.1. The monoisotopic (exact) mass is 482 g/mol. The molecule has 0 saturated carbocycles. The van der Waals surface area contributed by atoms with Crippen LogP contribution in [-0.2, 0) is 19.6 Å². The van der Waals surface area contributed by atoms with Crippen LogP contribution < -0.4 is 9.47 Å². The Kier molecular flexibility index (Phi) is 6.33. The Balaban J connectivity index is 1.77. The molecule has 4 rings (SSSR count). The summed E-state index contributed by atoms with van der Waals surface area (Å²) in [5.74, 6) is 0.569. The quantitative estimate of drug-likeness (QED) is 0.481. The first-order valence-corrected chi connectivity index (χ1v) is 12.1. The third-order valence-corrected chi connectivity index (χ3v) is 7.42. The van der Waals surface area contributed by atoms with Gasteiger partial charge in [-0.05, 0) is 50.3 Å². The molecule has 0 aliphatic heterocycles. The number of hydrogen-bond donors (Lipinski definition) is 0. The molecule has 1 aromatic heterocycles. The number of hydrogen-bond acceptors (Lipinski definition) is 7. The van der Waals surface area contributed by atoms with Gasteiger partial charge in [0.25, 0.3) is 10.0 Å². The van der Waals surface area contributed by atoms with Crippen LogP contribution in [0, 0.1) is 6.92 Å². The Hall–Kier alpha value is -3.43. The number of nitrogens with zero attached hydrogens (tertiary/aromatic N) is 2. The predicted octanol–water partition coefficient (Wildman–Crippen LogP) is 3.83. The number of carbonyl (C=O) groups excluding carboxylic acids is 1. The Morgan fingerprint density at radius 3 is 2.53 bits per heavy atom. The van der Waals surface area contributed by atoms with E-state index in [9.17, 15) is 13.2 Å². The molecule has 8 nitrogen and oxygen atoms in total. The van der Waals surface area contributed by atoms with Crippen molar-refractivity contribution in [1.29, 1.82) is 0 Å². The Morgan fingerprint density at radius 2 is 1.88 bits per heavy atom. The van der Waals surface area contributed by atoms with Crippen molar-refractivity contribution in [3.63, 3.8) is 0 Å². The maximum atomic E-state index is 13.4. The fourth-order valence-corrected chi connectivity index (χ4v) is 5.04. The fraction of sp³-hybridized carbons (Fsp3) is 0.280. The zero-order chi connectivity index (χ0) is 24.5. The summed E-state index contributed by atoms with van der Waals surface area (Å²) in [6, 6.07) is 11.5. The van der Waals surface area contributed by atoms with Crippen LogP contribution >= 0.6 is 0 Å².